The van der Waals surface area contributed by atoms with Gasteiger partial charge in [0, 0.05) is 34.4 Å². The maximum absolute atomic E-state index is 5.57. The molecule has 0 unspecified atom stereocenters. The van der Waals surface area contributed by atoms with Crippen molar-refractivity contribution < 1.29 is 0 Å². The van der Waals surface area contributed by atoms with Gasteiger partial charge in [0.25, 0.3) is 0 Å². The van der Waals surface area contributed by atoms with Crippen molar-refractivity contribution in [3.63, 3.8) is 0 Å². The average Bonchev–Trinajstić information content (AvgIpc) is 2.95. The highest BCUT2D eigenvalue weighted by Gasteiger charge is 1.91. The van der Waals surface area contributed by atoms with Crippen LogP contribution in [0.15, 0.2) is 73.1 Å². The van der Waals surface area contributed by atoms with E-state index in [9.17, 15) is 0 Å². The fourth-order valence-corrected chi connectivity index (χ4v) is 2.09. The van der Waals surface area contributed by atoms with Crippen LogP contribution < -0.4 is 5.73 Å². The van der Waals surface area contributed by atoms with Gasteiger partial charge in [0.1, 0.15) is 0 Å². The van der Waals surface area contributed by atoms with E-state index in [1.54, 1.807) is 0 Å². The van der Waals surface area contributed by atoms with Crippen LogP contribution in [0.2, 0.25) is 0 Å². The summed E-state index contributed by atoms with van der Waals surface area (Å²) in [6, 6.07) is 19.9. The normalized spacial score (nSPS) is 10.2. The number of aromatic amines is 1. The summed E-state index contributed by atoms with van der Waals surface area (Å²) in [6.45, 7) is 0. The SMILES string of the molecule is Nc1ccc2[nH]ccc2c1.c1ccc2ncccc2c1. The van der Waals surface area contributed by atoms with Crippen LogP contribution in [-0.4, -0.2) is 9.97 Å². The number of rotatable bonds is 0. The largest absolute Gasteiger partial charge is 0.399 e. The Kier molecular flexibility index (Phi) is 3.33. The molecule has 3 heteroatoms. The zero-order chi connectivity index (χ0) is 13.8. The van der Waals surface area contributed by atoms with Crippen molar-refractivity contribution in [2.24, 2.45) is 0 Å². The molecule has 0 saturated carbocycles. The lowest BCUT2D eigenvalue weighted by molar-refractivity contribution is 1.41. The third-order valence-corrected chi connectivity index (χ3v) is 3.09. The molecule has 3 nitrogen and oxygen atoms in total. The number of pyridine rings is 1. The first-order chi connectivity index (χ1) is 9.83. The molecule has 0 radical (unpaired) electrons. The number of anilines is 1. The molecule has 0 aliphatic heterocycles. The summed E-state index contributed by atoms with van der Waals surface area (Å²) in [7, 11) is 0. The number of nitrogens with two attached hydrogens (primary N) is 1. The smallest absolute Gasteiger partial charge is 0.0701 e. The van der Waals surface area contributed by atoms with Crippen molar-refractivity contribution in [1.29, 1.82) is 0 Å². The zero-order valence-corrected chi connectivity index (χ0v) is 11.0. The highest BCUT2D eigenvalue weighted by Crippen LogP contribution is 2.14. The van der Waals surface area contributed by atoms with Gasteiger partial charge in [-0.1, -0.05) is 24.3 Å². The molecule has 4 aromatic rings. The van der Waals surface area contributed by atoms with Crippen LogP contribution in [0.4, 0.5) is 5.69 Å². The van der Waals surface area contributed by atoms with E-state index in [2.05, 4.69) is 22.1 Å². The van der Waals surface area contributed by atoms with E-state index >= 15 is 0 Å². The molecule has 2 aromatic heterocycles. The molecule has 2 aromatic carbocycles. The van der Waals surface area contributed by atoms with Crippen LogP contribution in [0, 0.1) is 0 Å². The Hall–Kier alpha value is -2.81. The highest BCUT2D eigenvalue weighted by atomic mass is 14.7. The Labute approximate surface area is 117 Å². The van der Waals surface area contributed by atoms with Gasteiger partial charge in [-0.2, -0.15) is 0 Å². The van der Waals surface area contributed by atoms with Crippen molar-refractivity contribution in [2.75, 3.05) is 5.73 Å². The lowest BCUT2D eigenvalue weighted by Crippen LogP contribution is -1.81. The topological polar surface area (TPSA) is 54.7 Å². The van der Waals surface area contributed by atoms with E-state index in [0.717, 1.165) is 16.7 Å². The molecule has 0 spiro atoms. The van der Waals surface area contributed by atoms with Crippen LogP contribution in [0.25, 0.3) is 21.8 Å². The molecule has 0 aliphatic rings. The Morgan fingerprint density at radius 3 is 2.60 bits per heavy atom. The second-order valence-electron chi connectivity index (χ2n) is 4.52. The van der Waals surface area contributed by atoms with Crippen molar-refractivity contribution in [3.8, 4) is 0 Å². The van der Waals surface area contributed by atoms with Gasteiger partial charge in [-0.15, -0.1) is 0 Å². The fourth-order valence-electron chi connectivity index (χ4n) is 2.09. The van der Waals surface area contributed by atoms with E-state index in [-0.39, 0.29) is 0 Å². The van der Waals surface area contributed by atoms with Crippen molar-refractivity contribution in [1.82, 2.24) is 9.97 Å². The van der Waals surface area contributed by atoms with Gasteiger partial charge in [0.15, 0.2) is 0 Å². The maximum atomic E-state index is 5.57. The Bertz CT molecular complexity index is 768. The van der Waals surface area contributed by atoms with Gasteiger partial charge in [-0.3, -0.25) is 4.98 Å². The minimum atomic E-state index is 0.812. The van der Waals surface area contributed by atoms with Crippen molar-refractivity contribution >= 4 is 27.5 Å². The molecular formula is C17H15N3. The lowest BCUT2D eigenvalue weighted by atomic mass is 10.2. The Morgan fingerprint density at radius 1 is 0.850 bits per heavy atom. The molecule has 98 valence electrons. The van der Waals surface area contributed by atoms with Crippen molar-refractivity contribution in [2.45, 2.75) is 0 Å². The number of para-hydroxylation sites is 1. The number of nitrogens with zero attached hydrogens (tertiary/aromatic N) is 1. The molecule has 0 amide bonds. The van der Waals surface area contributed by atoms with Gasteiger partial charge < -0.3 is 10.7 Å². The molecule has 0 fully saturated rings. The average molecular weight is 261 g/mol. The molecule has 0 atom stereocenters. The van der Waals surface area contributed by atoms with E-state index in [4.69, 9.17) is 5.73 Å². The lowest BCUT2D eigenvalue weighted by Gasteiger charge is -1.91. The monoisotopic (exact) mass is 261 g/mol. The first kappa shape index (κ1) is 12.2. The minimum absolute atomic E-state index is 0.812. The number of H-pyrrole nitrogens is 1. The molecule has 0 saturated heterocycles. The quantitative estimate of drug-likeness (QED) is 0.470. The predicted octanol–water partition coefficient (Wildman–Crippen LogP) is 3.98. The molecule has 0 bridgehead atoms. The van der Waals surface area contributed by atoms with Crippen LogP contribution in [0.5, 0.6) is 0 Å². The van der Waals surface area contributed by atoms with Crippen LogP contribution in [0.3, 0.4) is 0 Å². The number of aromatic nitrogens is 2. The second kappa shape index (κ2) is 5.45. The van der Waals surface area contributed by atoms with Gasteiger partial charge in [-0.25, -0.2) is 0 Å². The molecule has 4 rings (SSSR count). The Balaban J connectivity index is 0.000000121. The number of fused-ring (bicyclic) bond motifs is 2. The van der Waals surface area contributed by atoms with Gasteiger partial charge >= 0.3 is 0 Å². The summed E-state index contributed by atoms with van der Waals surface area (Å²) in [5, 5.41) is 2.37. The van der Waals surface area contributed by atoms with Gasteiger partial charge in [0.2, 0.25) is 0 Å². The summed E-state index contributed by atoms with van der Waals surface area (Å²) in [5.41, 5.74) is 8.58. The number of hydrogen-bond acceptors (Lipinski definition) is 2. The summed E-state index contributed by atoms with van der Waals surface area (Å²) in [6.07, 6.45) is 3.71. The van der Waals surface area contributed by atoms with Gasteiger partial charge in [0.05, 0.1) is 5.52 Å². The molecule has 20 heavy (non-hydrogen) atoms. The summed E-state index contributed by atoms with van der Waals surface area (Å²) in [4.78, 5) is 7.27. The third kappa shape index (κ3) is 2.62. The predicted molar refractivity (Wildman–Crippen MR) is 84.5 cm³/mol. The fraction of sp³-hybridized carbons (Fsp3) is 0. The van der Waals surface area contributed by atoms with Crippen LogP contribution >= 0.6 is 0 Å². The number of benzene rings is 2. The Morgan fingerprint density at radius 2 is 1.70 bits per heavy atom. The maximum Gasteiger partial charge on any atom is 0.0701 e. The third-order valence-electron chi connectivity index (χ3n) is 3.09. The zero-order valence-electron chi connectivity index (χ0n) is 11.0. The second-order valence-corrected chi connectivity index (χ2v) is 4.52. The van der Waals surface area contributed by atoms with E-state index in [1.807, 2.05) is 60.9 Å². The molecular weight excluding hydrogens is 246 g/mol. The summed E-state index contributed by atoms with van der Waals surface area (Å²) >= 11 is 0. The highest BCUT2D eigenvalue weighted by molar-refractivity contribution is 5.82. The van der Waals surface area contributed by atoms with Gasteiger partial charge in [-0.05, 0) is 36.4 Å². The first-order valence-electron chi connectivity index (χ1n) is 6.45. The molecule has 0 aliphatic carbocycles. The van der Waals surface area contributed by atoms with Crippen LogP contribution in [0.1, 0.15) is 0 Å². The molecule has 2 heterocycles. The summed E-state index contributed by atoms with van der Waals surface area (Å²) in [5.74, 6) is 0. The first-order valence-corrected chi connectivity index (χ1v) is 6.45. The summed E-state index contributed by atoms with van der Waals surface area (Å²) < 4.78 is 0. The minimum Gasteiger partial charge on any atom is -0.399 e. The molecule has 3 N–H and O–H groups in total. The van der Waals surface area contributed by atoms with Crippen molar-refractivity contribution in [3.05, 3.63) is 73.1 Å². The standard InChI is InChI=1S/C9H7N.C8H8N2/c1-2-6-9-8(4-1)5-3-7-10-9;9-7-1-2-8-6(5-7)3-4-10-8/h1-7H;1-5,10H,9H2. The van der Waals surface area contributed by atoms with E-state index < -0.39 is 0 Å². The van der Waals surface area contributed by atoms with E-state index in [1.165, 1.54) is 10.8 Å². The van der Waals surface area contributed by atoms with E-state index in [0.29, 0.717) is 0 Å². The number of nitrogens with one attached hydrogen (secondary N) is 1. The van der Waals surface area contributed by atoms with Crippen LogP contribution in [-0.2, 0) is 0 Å². The number of nitrogen functional groups attached to an aromatic ring is 1. The number of hydrogen-bond donors (Lipinski definition) is 2.